The van der Waals surface area contributed by atoms with E-state index in [2.05, 4.69) is 19.9 Å². The lowest BCUT2D eigenvalue weighted by Crippen LogP contribution is -2.01. The number of hydrogen-bond donors (Lipinski definition) is 2. The van der Waals surface area contributed by atoms with Gasteiger partial charge in [0, 0.05) is 12.8 Å². The van der Waals surface area contributed by atoms with Crippen LogP contribution in [0.3, 0.4) is 0 Å². The molecule has 0 saturated carbocycles. The van der Waals surface area contributed by atoms with Crippen molar-refractivity contribution in [2.45, 2.75) is 36.5 Å². The van der Waals surface area contributed by atoms with Gasteiger partial charge in [0.2, 0.25) is 9.84 Å². The second-order valence-corrected chi connectivity index (χ2v) is 7.89. The number of sulfone groups is 1. The first-order valence-corrected chi connectivity index (χ1v) is 9.72. The third kappa shape index (κ3) is 2.60. The van der Waals surface area contributed by atoms with E-state index in [0.29, 0.717) is 0 Å². The molecule has 2 aromatic heterocycles. The fourth-order valence-electron chi connectivity index (χ4n) is 2.89. The van der Waals surface area contributed by atoms with Crippen molar-refractivity contribution >= 4 is 31.9 Å². The zero-order valence-electron chi connectivity index (χ0n) is 14.0. The highest BCUT2D eigenvalue weighted by Gasteiger charge is 2.20. The molecule has 0 aliphatic rings. The molecule has 0 fully saturated rings. The van der Waals surface area contributed by atoms with Gasteiger partial charge in [-0.15, -0.1) is 0 Å². The van der Waals surface area contributed by atoms with E-state index in [-0.39, 0.29) is 9.79 Å². The molecule has 0 unspecified atom stereocenters. The quantitative estimate of drug-likeness (QED) is 0.587. The first-order chi connectivity index (χ1) is 12.0. The third-order valence-electron chi connectivity index (χ3n) is 4.30. The molecule has 0 spiro atoms. The van der Waals surface area contributed by atoms with E-state index in [4.69, 9.17) is 0 Å². The van der Waals surface area contributed by atoms with Crippen molar-refractivity contribution in [1.82, 2.24) is 19.9 Å². The van der Waals surface area contributed by atoms with Crippen LogP contribution in [0, 0.1) is 0 Å². The van der Waals surface area contributed by atoms with E-state index in [9.17, 15) is 8.42 Å². The van der Waals surface area contributed by atoms with Gasteiger partial charge >= 0.3 is 0 Å². The van der Waals surface area contributed by atoms with Crippen molar-refractivity contribution in [3.8, 4) is 0 Å². The van der Waals surface area contributed by atoms with E-state index in [0.717, 1.165) is 46.6 Å². The summed E-state index contributed by atoms with van der Waals surface area (Å²) in [6.45, 7) is 4.00. The summed E-state index contributed by atoms with van der Waals surface area (Å²) in [5.74, 6) is 1.69. The predicted molar refractivity (Wildman–Crippen MR) is 96.4 cm³/mol. The molecule has 128 valence electrons. The van der Waals surface area contributed by atoms with Crippen LogP contribution in [-0.2, 0) is 22.7 Å². The fraction of sp³-hybridized carbons (Fsp3) is 0.222. The molecular formula is C18H18N4O2S. The SMILES string of the molecule is CCc1nc2ccc(S(=O)(=O)c3ccc4nc(CC)[nH]c4c3)cc2[nH]1. The lowest BCUT2D eigenvalue weighted by atomic mass is 10.3. The van der Waals surface area contributed by atoms with E-state index in [1.165, 1.54) is 0 Å². The summed E-state index contributed by atoms with van der Waals surface area (Å²) >= 11 is 0. The lowest BCUT2D eigenvalue weighted by molar-refractivity contribution is 0.596. The van der Waals surface area contributed by atoms with Gasteiger partial charge in [0.05, 0.1) is 31.9 Å². The van der Waals surface area contributed by atoms with Gasteiger partial charge in [0.1, 0.15) is 11.6 Å². The van der Waals surface area contributed by atoms with E-state index < -0.39 is 9.84 Å². The van der Waals surface area contributed by atoms with Gasteiger partial charge in [-0.1, -0.05) is 13.8 Å². The van der Waals surface area contributed by atoms with Crippen LogP contribution in [-0.4, -0.2) is 28.4 Å². The van der Waals surface area contributed by atoms with Crippen LogP contribution in [0.4, 0.5) is 0 Å². The molecule has 7 heteroatoms. The Hall–Kier alpha value is -2.67. The van der Waals surface area contributed by atoms with E-state index in [1.54, 1.807) is 36.4 Å². The van der Waals surface area contributed by atoms with E-state index in [1.807, 2.05) is 13.8 Å². The van der Waals surface area contributed by atoms with Crippen molar-refractivity contribution < 1.29 is 8.42 Å². The maximum atomic E-state index is 13.0. The van der Waals surface area contributed by atoms with Crippen molar-refractivity contribution in [3.05, 3.63) is 48.0 Å². The highest BCUT2D eigenvalue weighted by molar-refractivity contribution is 7.91. The number of fused-ring (bicyclic) bond motifs is 2. The van der Waals surface area contributed by atoms with Crippen LogP contribution in [0.1, 0.15) is 25.5 Å². The Balaban J connectivity index is 1.82. The Morgan fingerprint density at radius 1 is 0.800 bits per heavy atom. The minimum absolute atomic E-state index is 0.251. The third-order valence-corrected chi connectivity index (χ3v) is 6.04. The molecule has 0 aliphatic heterocycles. The number of hydrogen-bond acceptors (Lipinski definition) is 4. The molecule has 2 N–H and O–H groups in total. The molecular weight excluding hydrogens is 336 g/mol. The number of aromatic nitrogens is 4. The topological polar surface area (TPSA) is 91.5 Å². The number of imidazole rings is 2. The maximum Gasteiger partial charge on any atom is 0.206 e. The number of aryl methyl sites for hydroxylation is 2. The number of nitrogens with zero attached hydrogens (tertiary/aromatic N) is 2. The summed E-state index contributed by atoms with van der Waals surface area (Å²) in [5, 5.41) is 0. The van der Waals surface area contributed by atoms with Gasteiger partial charge in [-0.05, 0) is 36.4 Å². The van der Waals surface area contributed by atoms with Crippen LogP contribution in [0.5, 0.6) is 0 Å². The Kier molecular flexibility index (Phi) is 3.61. The number of nitrogens with one attached hydrogen (secondary N) is 2. The molecule has 0 amide bonds. The molecule has 6 nitrogen and oxygen atoms in total. The maximum absolute atomic E-state index is 13.0. The summed E-state index contributed by atoms with van der Waals surface area (Å²) in [4.78, 5) is 15.7. The van der Waals surface area contributed by atoms with Crippen LogP contribution < -0.4 is 0 Å². The van der Waals surface area contributed by atoms with Crippen molar-refractivity contribution in [3.63, 3.8) is 0 Å². The van der Waals surface area contributed by atoms with Gasteiger partial charge in [-0.2, -0.15) is 0 Å². The first kappa shape index (κ1) is 15.8. The first-order valence-electron chi connectivity index (χ1n) is 8.23. The largest absolute Gasteiger partial charge is 0.342 e. The van der Waals surface area contributed by atoms with Crippen LogP contribution >= 0.6 is 0 Å². The minimum Gasteiger partial charge on any atom is -0.342 e. The lowest BCUT2D eigenvalue weighted by Gasteiger charge is -2.04. The number of H-pyrrole nitrogens is 2. The molecule has 25 heavy (non-hydrogen) atoms. The highest BCUT2D eigenvalue weighted by Crippen LogP contribution is 2.26. The standard InChI is InChI=1S/C18H18N4O2S/c1-3-17-19-13-7-5-11(9-15(13)21-17)25(23,24)12-6-8-14-16(10-12)22-18(4-2)20-14/h5-10H,3-4H2,1-2H3,(H,19,21)(H,20,22). The molecule has 2 aromatic carbocycles. The normalized spacial score (nSPS) is 12.2. The second-order valence-electron chi connectivity index (χ2n) is 5.94. The average Bonchev–Trinajstić information content (AvgIpc) is 3.23. The summed E-state index contributed by atoms with van der Waals surface area (Å²) in [6, 6.07) is 9.97. The number of aromatic amines is 2. The molecule has 0 atom stereocenters. The van der Waals surface area contributed by atoms with Crippen LogP contribution in [0.25, 0.3) is 22.1 Å². The minimum atomic E-state index is -3.61. The molecule has 0 radical (unpaired) electrons. The second kappa shape index (κ2) is 5.70. The number of rotatable bonds is 4. The Labute approximate surface area is 145 Å². The Bertz CT molecular complexity index is 1100. The van der Waals surface area contributed by atoms with Crippen molar-refractivity contribution in [2.75, 3.05) is 0 Å². The zero-order valence-corrected chi connectivity index (χ0v) is 14.8. The highest BCUT2D eigenvalue weighted by atomic mass is 32.2. The molecule has 0 aliphatic carbocycles. The molecule has 4 rings (SSSR count). The van der Waals surface area contributed by atoms with Crippen LogP contribution in [0.15, 0.2) is 46.2 Å². The summed E-state index contributed by atoms with van der Waals surface area (Å²) < 4.78 is 26.0. The molecule has 4 aromatic rings. The summed E-state index contributed by atoms with van der Waals surface area (Å²) in [5.41, 5.74) is 3.00. The van der Waals surface area contributed by atoms with Crippen molar-refractivity contribution in [1.29, 1.82) is 0 Å². The Morgan fingerprint density at radius 2 is 1.24 bits per heavy atom. The molecule has 0 saturated heterocycles. The fourth-order valence-corrected chi connectivity index (χ4v) is 4.20. The van der Waals surface area contributed by atoms with Crippen molar-refractivity contribution in [2.24, 2.45) is 0 Å². The van der Waals surface area contributed by atoms with Gasteiger partial charge in [0.15, 0.2) is 0 Å². The summed E-state index contributed by atoms with van der Waals surface area (Å²) in [6.07, 6.45) is 1.54. The van der Waals surface area contributed by atoms with Gasteiger partial charge in [-0.25, -0.2) is 18.4 Å². The average molecular weight is 354 g/mol. The van der Waals surface area contributed by atoms with Crippen LogP contribution in [0.2, 0.25) is 0 Å². The number of benzene rings is 2. The van der Waals surface area contributed by atoms with E-state index >= 15 is 0 Å². The smallest absolute Gasteiger partial charge is 0.206 e. The zero-order chi connectivity index (χ0) is 17.6. The van der Waals surface area contributed by atoms with Gasteiger partial charge < -0.3 is 9.97 Å². The molecule has 0 bridgehead atoms. The van der Waals surface area contributed by atoms with Gasteiger partial charge in [0.25, 0.3) is 0 Å². The van der Waals surface area contributed by atoms with Gasteiger partial charge in [-0.3, -0.25) is 0 Å². The molecule has 2 heterocycles. The Morgan fingerprint density at radius 3 is 1.64 bits per heavy atom. The predicted octanol–water partition coefficient (Wildman–Crippen LogP) is 3.40. The monoisotopic (exact) mass is 354 g/mol. The summed E-state index contributed by atoms with van der Waals surface area (Å²) in [7, 11) is -3.61.